The number of hydrogen-bond acceptors (Lipinski definition) is 6. The molecular formula is C18H24BrN3O3. The highest BCUT2D eigenvalue weighted by molar-refractivity contribution is 9.10. The van der Waals surface area contributed by atoms with Crippen molar-refractivity contribution in [3.8, 4) is 0 Å². The second-order valence-electron chi connectivity index (χ2n) is 5.85. The molecule has 7 heteroatoms. The number of carbonyl (C=O) groups excluding carboxylic acids is 1. The molecule has 1 N–H and O–H groups in total. The molecule has 0 atom stereocenters. The lowest BCUT2D eigenvalue weighted by molar-refractivity contribution is -0.149. The Kier molecular flexibility index (Phi) is 7.83. The Hall–Kier alpha value is -2.15. The number of esters is 1. The number of halogens is 1. The summed E-state index contributed by atoms with van der Waals surface area (Å²) in [4.78, 5) is 20.9. The Labute approximate surface area is 156 Å². The molecule has 0 saturated carbocycles. The first-order valence-electron chi connectivity index (χ1n) is 7.99. The molecule has 0 radical (unpaired) electrons. The van der Waals surface area contributed by atoms with Crippen LogP contribution in [0.2, 0.25) is 0 Å². The largest absolute Gasteiger partial charge is 0.465 e. The van der Waals surface area contributed by atoms with Gasteiger partial charge < -0.3 is 14.5 Å². The number of aryl methyl sites for hydroxylation is 1. The van der Waals surface area contributed by atoms with E-state index in [2.05, 4.69) is 31.2 Å². The average molecular weight is 410 g/mol. The molecule has 2 rings (SSSR count). The second-order valence-corrected chi connectivity index (χ2v) is 6.60. The van der Waals surface area contributed by atoms with Gasteiger partial charge in [0.05, 0.1) is 18.2 Å². The maximum Gasteiger partial charge on any atom is 0.355 e. The number of nitrogens with zero attached hydrogens (tertiary/aromatic N) is 2. The van der Waals surface area contributed by atoms with Crippen LogP contribution < -0.4 is 5.32 Å². The van der Waals surface area contributed by atoms with Crippen molar-refractivity contribution >= 4 is 33.8 Å². The van der Waals surface area contributed by atoms with E-state index >= 15 is 0 Å². The number of nitrogens with one attached hydrogen (secondary N) is 1. The molecule has 2 aromatic heterocycles. The number of furan rings is 1. The zero-order valence-corrected chi connectivity index (χ0v) is 17.0. The summed E-state index contributed by atoms with van der Waals surface area (Å²) in [6.45, 7) is 11.2. The summed E-state index contributed by atoms with van der Waals surface area (Å²) >= 11 is 3.33. The third kappa shape index (κ3) is 7.09. The number of anilines is 1. The molecule has 0 aromatic carbocycles. The third-order valence-corrected chi connectivity index (χ3v) is 3.10. The van der Waals surface area contributed by atoms with Gasteiger partial charge in [-0.3, -0.25) is 0 Å². The van der Waals surface area contributed by atoms with E-state index in [-0.39, 0.29) is 5.70 Å². The van der Waals surface area contributed by atoms with E-state index < -0.39 is 11.6 Å². The molecule has 0 aliphatic carbocycles. The lowest BCUT2D eigenvalue weighted by atomic mass is 10.2. The van der Waals surface area contributed by atoms with Crippen LogP contribution in [0, 0.1) is 6.92 Å². The van der Waals surface area contributed by atoms with E-state index in [1.165, 1.54) is 6.26 Å². The van der Waals surface area contributed by atoms with Crippen LogP contribution in [0.25, 0.3) is 6.08 Å². The number of rotatable bonds is 4. The van der Waals surface area contributed by atoms with Crippen LogP contribution in [0.3, 0.4) is 0 Å². The fraction of sp³-hybridized carbons (Fsp3) is 0.389. The monoisotopic (exact) mass is 409 g/mol. The molecule has 0 unspecified atom stereocenters. The molecule has 0 saturated heterocycles. The minimum Gasteiger partial charge on any atom is -0.465 e. The van der Waals surface area contributed by atoms with E-state index in [0.29, 0.717) is 16.2 Å². The molecule has 25 heavy (non-hydrogen) atoms. The summed E-state index contributed by atoms with van der Waals surface area (Å²) in [6, 6.07) is 3.47. The summed E-state index contributed by atoms with van der Waals surface area (Å²) in [5.74, 6) is 0.428. The van der Waals surface area contributed by atoms with E-state index in [1.807, 2.05) is 20.8 Å². The fourth-order valence-corrected chi connectivity index (χ4v) is 2.14. The highest BCUT2D eigenvalue weighted by atomic mass is 79.9. The summed E-state index contributed by atoms with van der Waals surface area (Å²) in [5.41, 5.74) is 0.349. The van der Waals surface area contributed by atoms with E-state index in [1.54, 1.807) is 45.2 Å². The summed E-state index contributed by atoms with van der Waals surface area (Å²) < 4.78 is 11.2. The minimum atomic E-state index is -0.614. The van der Waals surface area contributed by atoms with Crippen molar-refractivity contribution in [3.63, 3.8) is 0 Å². The Balaban J connectivity index is 0.00000151. The number of hydrogen-bond donors (Lipinski definition) is 1. The van der Waals surface area contributed by atoms with Crippen LogP contribution in [0.1, 0.15) is 46.1 Å². The maximum atomic E-state index is 12.4. The maximum absolute atomic E-state index is 12.4. The van der Waals surface area contributed by atoms with Crippen LogP contribution in [0.5, 0.6) is 0 Å². The van der Waals surface area contributed by atoms with Gasteiger partial charge in [-0.1, -0.05) is 13.8 Å². The highest BCUT2D eigenvalue weighted by Gasteiger charge is 2.21. The predicted octanol–water partition coefficient (Wildman–Crippen LogP) is 4.96. The van der Waals surface area contributed by atoms with Gasteiger partial charge in [0.1, 0.15) is 21.7 Å². The smallest absolute Gasteiger partial charge is 0.355 e. The molecule has 0 aliphatic heterocycles. The molecule has 2 heterocycles. The van der Waals surface area contributed by atoms with Crippen molar-refractivity contribution < 1.29 is 13.9 Å². The molecule has 0 fully saturated rings. The Bertz CT molecular complexity index is 720. The molecule has 0 amide bonds. The van der Waals surface area contributed by atoms with Crippen LogP contribution in [0.15, 0.2) is 39.3 Å². The SMILES string of the molecule is CC.Cc1cnc(N/C(=C\c2ccco2)C(=O)OC(C)(C)C)c(Br)n1. The highest BCUT2D eigenvalue weighted by Crippen LogP contribution is 2.21. The first-order chi connectivity index (χ1) is 11.7. The molecule has 0 aliphatic rings. The van der Waals surface area contributed by atoms with Crippen LogP contribution in [-0.4, -0.2) is 21.5 Å². The van der Waals surface area contributed by atoms with Gasteiger partial charge in [0.15, 0.2) is 5.82 Å². The Morgan fingerprint density at radius 3 is 2.56 bits per heavy atom. The lowest BCUT2D eigenvalue weighted by Gasteiger charge is -2.21. The predicted molar refractivity (Wildman–Crippen MR) is 102 cm³/mol. The number of aromatic nitrogens is 2. The van der Waals surface area contributed by atoms with Gasteiger partial charge in [-0.2, -0.15) is 0 Å². The first-order valence-corrected chi connectivity index (χ1v) is 8.78. The van der Waals surface area contributed by atoms with Crippen molar-refractivity contribution in [2.45, 2.75) is 47.1 Å². The van der Waals surface area contributed by atoms with Gasteiger partial charge in [-0.15, -0.1) is 0 Å². The Morgan fingerprint density at radius 2 is 2.04 bits per heavy atom. The normalized spacial score (nSPS) is 11.4. The topological polar surface area (TPSA) is 77.2 Å². The third-order valence-electron chi connectivity index (χ3n) is 2.55. The van der Waals surface area contributed by atoms with E-state index in [0.717, 1.165) is 5.69 Å². The zero-order valence-electron chi connectivity index (χ0n) is 15.4. The fourth-order valence-electron chi connectivity index (χ4n) is 1.65. The molecule has 2 aromatic rings. The van der Waals surface area contributed by atoms with Gasteiger partial charge in [0, 0.05) is 6.08 Å². The van der Waals surface area contributed by atoms with Gasteiger partial charge in [-0.25, -0.2) is 14.8 Å². The van der Waals surface area contributed by atoms with Crippen molar-refractivity contribution in [3.05, 3.63) is 46.3 Å². The number of ether oxygens (including phenoxy) is 1. The van der Waals surface area contributed by atoms with Crippen LogP contribution >= 0.6 is 15.9 Å². The first kappa shape index (κ1) is 20.9. The molecule has 0 bridgehead atoms. The molecule has 6 nitrogen and oxygen atoms in total. The van der Waals surface area contributed by atoms with Gasteiger partial charge >= 0.3 is 5.97 Å². The quantitative estimate of drug-likeness (QED) is 0.567. The van der Waals surface area contributed by atoms with Crippen molar-refractivity contribution in [2.24, 2.45) is 0 Å². The van der Waals surface area contributed by atoms with Crippen LogP contribution in [-0.2, 0) is 9.53 Å². The van der Waals surface area contributed by atoms with Crippen molar-refractivity contribution in [1.29, 1.82) is 0 Å². The van der Waals surface area contributed by atoms with Crippen molar-refractivity contribution in [2.75, 3.05) is 5.32 Å². The van der Waals surface area contributed by atoms with Crippen molar-refractivity contribution in [1.82, 2.24) is 9.97 Å². The lowest BCUT2D eigenvalue weighted by Crippen LogP contribution is -2.27. The van der Waals surface area contributed by atoms with Gasteiger partial charge in [0.2, 0.25) is 0 Å². The Morgan fingerprint density at radius 1 is 1.36 bits per heavy atom. The summed E-state index contributed by atoms with van der Waals surface area (Å²) in [7, 11) is 0. The minimum absolute atomic E-state index is 0.203. The van der Waals surface area contributed by atoms with E-state index in [4.69, 9.17) is 9.15 Å². The zero-order chi connectivity index (χ0) is 19.0. The van der Waals surface area contributed by atoms with Crippen LogP contribution in [0.4, 0.5) is 5.82 Å². The van der Waals surface area contributed by atoms with E-state index in [9.17, 15) is 4.79 Å². The van der Waals surface area contributed by atoms with Gasteiger partial charge in [0.25, 0.3) is 0 Å². The summed E-state index contributed by atoms with van der Waals surface area (Å²) in [6.07, 6.45) is 4.69. The standard InChI is InChI=1S/C16H18BrN3O3.C2H6/c1-10-9-18-14(13(17)19-10)20-12(8-11-6-5-7-22-11)15(21)23-16(2,3)4;1-2/h5-9H,1-4H3,(H,18,20);1-2H3/b12-8-;. The number of carbonyl (C=O) groups is 1. The second kappa shape index (κ2) is 9.36. The molecule has 136 valence electrons. The van der Waals surface area contributed by atoms with Gasteiger partial charge in [-0.05, 0) is 55.8 Å². The molecular weight excluding hydrogens is 386 g/mol. The molecule has 0 spiro atoms. The summed E-state index contributed by atoms with van der Waals surface area (Å²) in [5, 5.41) is 2.94. The average Bonchev–Trinajstić information content (AvgIpc) is 3.02.